The molecule has 0 unspecified atom stereocenters. The fraction of sp³-hybridized carbons (Fsp3) is 0.417. The first-order valence-corrected chi connectivity index (χ1v) is 4.49. The molecule has 3 heteroatoms. The molecule has 2 rings (SSSR count). The van der Waals surface area contributed by atoms with Crippen LogP contribution in [0.4, 0.5) is 0 Å². The van der Waals surface area contributed by atoms with Crippen LogP contribution < -0.4 is 17.0 Å². The molecule has 15 heavy (non-hydrogen) atoms. The van der Waals surface area contributed by atoms with Crippen LogP contribution >= 0.6 is 0 Å². The molecule has 0 radical (unpaired) electrons. The number of hydrogen-bond acceptors (Lipinski definition) is 1. The van der Waals surface area contributed by atoms with Gasteiger partial charge in [0, 0.05) is 13.2 Å². The van der Waals surface area contributed by atoms with Gasteiger partial charge in [0.25, 0.3) is 0 Å². The number of halogens is 1. The quantitative estimate of drug-likeness (QED) is 0.476. The standard InChI is InChI=1S/C7H8.C4H8O.CH3.BrH.Mg/c1-7-5-3-2-4-6-7;1-2-4-5-3-1;;;/h2-6H,1H3;1-4H2;1H3;1H;/q;;-1;;+2/p-1. The maximum atomic E-state index is 4.94. The Labute approximate surface area is 121 Å². The first-order chi connectivity index (χ1) is 5.89. The van der Waals surface area contributed by atoms with E-state index < -0.39 is 0 Å². The number of benzene rings is 1. The zero-order chi connectivity index (χ0) is 8.65. The molecule has 1 nitrogen and oxygen atoms in total. The van der Waals surface area contributed by atoms with Gasteiger partial charge in [0.2, 0.25) is 0 Å². The van der Waals surface area contributed by atoms with Gasteiger partial charge in [-0.05, 0) is 19.8 Å². The first kappa shape index (κ1) is 20.8. The van der Waals surface area contributed by atoms with E-state index in [0.717, 1.165) is 13.2 Å². The SMILES string of the molecule is C1CCOC1.Cc1ccccc1.[Br-].[CH3-].[Mg+2]. The minimum atomic E-state index is 0. The molecule has 0 spiro atoms. The topological polar surface area (TPSA) is 9.23 Å². The molecule has 1 aromatic carbocycles. The predicted octanol–water partition coefficient (Wildman–Crippen LogP) is -0.135. The molecule has 0 atom stereocenters. The van der Waals surface area contributed by atoms with Gasteiger partial charge < -0.3 is 29.1 Å². The molecule has 0 amide bonds. The Hall–Kier alpha value is 0.426. The predicted molar refractivity (Wildman–Crippen MR) is 63.4 cm³/mol. The Bertz CT molecular complexity index is 192. The number of ether oxygens (including phenoxy) is 1. The molecule has 0 aromatic heterocycles. The normalized spacial score (nSPS) is 12.1. The molecule has 0 aliphatic carbocycles. The Balaban J connectivity index is -0.000000165. The Morgan fingerprint density at radius 1 is 1.00 bits per heavy atom. The van der Waals surface area contributed by atoms with Gasteiger partial charge >= 0.3 is 23.1 Å². The minimum absolute atomic E-state index is 0. The van der Waals surface area contributed by atoms with Gasteiger partial charge in [-0.2, -0.15) is 0 Å². The number of hydrogen-bond donors (Lipinski definition) is 0. The summed E-state index contributed by atoms with van der Waals surface area (Å²) in [6.07, 6.45) is 2.56. The molecule has 1 heterocycles. The smallest absolute Gasteiger partial charge is 1.00 e. The second-order valence-corrected chi connectivity index (χ2v) is 2.97. The van der Waals surface area contributed by atoms with E-state index in [4.69, 9.17) is 4.74 Å². The van der Waals surface area contributed by atoms with E-state index in [2.05, 4.69) is 19.1 Å². The van der Waals surface area contributed by atoms with Gasteiger partial charge in [-0.15, -0.1) is 0 Å². The summed E-state index contributed by atoms with van der Waals surface area (Å²) in [5, 5.41) is 0. The van der Waals surface area contributed by atoms with Crippen LogP contribution in [-0.2, 0) is 4.74 Å². The van der Waals surface area contributed by atoms with Crippen LogP contribution in [-0.4, -0.2) is 36.3 Å². The van der Waals surface area contributed by atoms with Crippen molar-refractivity contribution in [1.29, 1.82) is 0 Å². The molecule has 1 aromatic rings. The monoisotopic (exact) mass is 282 g/mol. The maximum absolute atomic E-state index is 4.94. The summed E-state index contributed by atoms with van der Waals surface area (Å²) < 4.78 is 4.94. The maximum Gasteiger partial charge on any atom is 2.00 e. The van der Waals surface area contributed by atoms with Crippen LogP contribution in [0, 0.1) is 14.4 Å². The number of rotatable bonds is 0. The van der Waals surface area contributed by atoms with Gasteiger partial charge in [0.1, 0.15) is 0 Å². The molecule has 0 saturated carbocycles. The van der Waals surface area contributed by atoms with E-state index in [0.29, 0.717) is 0 Å². The average molecular weight is 283 g/mol. The number of aryl methyl sites for hydroxylation is 1. The van der Waals surface area contributed by atoms with Crippen molar-refractivity contribution >= 4 is 23.1 Å². The van der Waals surface area contributed by atoms with Crippen LogP contribution in [0.3, 0.4) is 0 Å². The van der Waals surface area contributed by atoms with E-state index in [9.17, 15) is 0 Å². The van der Waals surface area contributed by atoms with Crippen LogP contribution in [0.2, 0.25) is 0 Å². The summed E-state index contributed by atoms with van der Waals surface area (Å²) in [6.45, 7) is 4.08. The molecule has 1 aliphatic rings. The third kappa shape index (κ3) is 12.4. The van der Waals surface area contributed by atoms with E-state index in [1.807, 2.05) is 18.2 Å². The van der Waals surface area contributed by atoms with Gasteiger partial charge in [0.05, 0.1) is 0 Å². The summed E-state index contributed by atoms with van der Waals surface area (Å²) >= 11 is 0. The second kappa shape index (κ2) is 14.4. The van der Waals surface area contributed by atoms with Crippen molar-refractivity contribution in [2.24, 2.45) is 0 Å². The molecule has 1 saturated heterocycles. The molecule has 82 valence electrons. The van der Waals surface area contributed by atoms with Crippen molar-refractivity contribution in [2.45, 2.75) is 19.8 Å². The summed E-state index contributed by atoms with van der Waals surface area (Å²) in [4.78, 5) is 0. The van der Waals surface area contributed by atoms with Crippen LogP contribution in [0.25, 0.3) is 0 Å². The average Bonchev–Trinajstić information content (AvgIpc) is 2.62. The van der Waals surface area contributed by atoms with Crippen molar-refractivity contribution in [1.82, 2.24) is 0 Å². The van der Waals surface area contributed by atoms with Crippen molar-refractivity contribution in [3.8, 4) is 0 Å². The second-order valence-electron chi connectivity index (χ2n) is 2.97. The zero-order valence-electron chi connectivity index (χ0n) is 9.71. The Kier molecular flexibility index (Phi) is 20.0. The fourth-order valence-electron chi connectivity index (χ4n) is 1.04. The van der Waals surface area contributed by atoms with E-state index in [-0.39, 0.29) is 47.5 Å². The van der Waals surface area contributed by atoms with Gasteiger partial charge in [-0.1, -0.05) is 35.9 Å². The van der Waals surface area contributed by atoms with Crippen molar-refractivity contribution in [3.05, 3.63) is 43.3 Å². The van der Waals surface area contributed by atoms with E-state index in [1.54, 1.807) is 0 Å². The molecule has 0 bridgehead atoms. The van der Waals surface area contributed by atoms with E-state index >= 15 is 0 Å². The van der Waals surface area contributed by atoms with Gasteiger partial charge in [-0.3, -0.25) is 0 Å². The zero-order valence-corrected chi connectivity index (χ0v) is 12.7. The first-order valence-electron chi connectivity index (χ1n) is 4.49. The van der Waals surface area contributed by atoms with E-state index in [1.165, 1.54) is 18.4 Å². The third-order valence-corrected chi connectivity index (χ3v) is 1.77. The summed E-state index contributed by atoms with van der Waals surface area (Å²) in [6, 6.07) is 10.3. The summed E-state index contributed by atoms with van der Waals surface area (Å²) in [7, 11) is 0. The molecular weight excluding hydrogens is 264 g/mol. The van der Waals surface area contributed by atoms with Crippen LogP contribution in [0.1, 0.15) is 18.4 Å². The van der Waals surface area contributed by atoms with Crippen molar-refractivity contribution < 1.29 is 21.7 Å². The van der Waals surface area contributed by atoms with Crippen LogP contribution in [0.15, 0.2) is 30.3 Å². The summed E-state index contributed by atoms with van der Waals surface area (Å²) in [5.41, 5.74) is 1.32. The van der Waals surface area contributed by atoms with Gasteiger partial charge in [-0.25, -0.2) is 0 Å². The molecule has 1 aliphatic heterocycles. The molecular formula is C12H19BrMgO. The third-order valence-electron chi connectivity index (χ3n) is 1.77. The van der Waals surface area contributed by atoms with Gasteiger partial charge in [0.15, 0.2) is 0 Å². The Morgan fingerprint density at radius 2 is 1.47 bits per heavy atom. The fourth-order valence-corrected chi connectivity index (χ4v) is 1.04. The molecule has 1 fully saturated rings. The summed E-state index contributed by atoms with van der Waals surface area (Å²) in [5.74, 6) is 0. The minimum Gasteiger partial charge on any atom is -1.00 e. The molecule has 0 N–H and O–H groups in total. The van der Waals surface area contributed by atoms with Crippen molar-refractivity contribution in [2.75, 3.05) is 13.2 Å². The van der Waals surface area contributed by atoms with Crippen LogP contribution in [0.5, 0.6) is 0 Å². The van der Waals surface area contributed by atoms with Crippen molar-refractivity contribution in [3.63, 3.8) is 0 Å². The Morgan fingerprint density at radius 3 is 1.67 bits per heavy atom. The largest absolute Gasteiger partial charge is 2.00 e.